The van der Waals surface area contributed by atoms with Gasteiger partial charge in [-0.05, 0) is 45.2 Å². The Bertz CT molecular complexity index is 518. The average molecular weight is 289 g/mol. The first-order valence-electron chi connectivity index (χ1n) is 7.81. The molecule has 3 rings (SSSR count). The summed E-state index contributed by atoms with van der Waals surface area (Å²) in [4.78, 5) is 19.2. The number of carbonyl (C=O) groups is 1. The van der Waals surface area contributed by atoms with Crippen molar-refractivity contribution in [1.82, 2.24) is 9.88 Å². The van der Waals surface area contributed by atoms with Crippen molar-refractivity contribution in [3.63, 3.8) is 0 Å². The lowest BCUT2D eigenvalue weighted by Crippen LogP contribution is -2.51. The van der Waals surface area contributed by atoms with Gasteiger partial charge in [-0.1, -0.05) is 6.07 Å². The Morgan fingerprint density at radius 3 is 3.10 bits per heavy atom. The van der Waals surface area contributed by atoms with E-state index in [1.54, 1.807) is 6.07 Å². The number of rotatable bonds is 3. The summed E-state index contributed by atoms with van der Waals surface area (Å²) in [7, 11) is 0. The van der Waals surface area contributed by atoms with Crippen LogP contribution < -0.4 is 5.32 Å². The highest BCUT2D eigenvalue weighted by Gasteiger charge is 2.38. The maximum atomic E-state index is 12.8. The van der Waals surface area contributed by atoms with E-state index in [2.05, 4.69) is 24.1 Å². The second kappa shape index (κ2) is 6.02. The third-order valence-electron chi connectivity index (χ3n) is 4.15. The molecule has 1 saturated carbocycles. The number of carbonyl (C=O) groups excluding carboxylic acids is 1. The van der Waals surface area contributed by atoms with E-state index in [4.69, 9.17) is 4.74 Å². The van der Waals surface area contributed by atoms with Crippen molar-refractivity contribution in [3.8, 4) is 0 Å². The molecule has 5 heteroatoms. The summed E-state index contributed by atoms with van der Waals surface area (Å²) in [5.41, 5.74) is 0.521. The van der Waals surface area contributed by atoms with Gasteiger partial charge in [0, 0.05) is 12.6 Å². The number of ether oxygens (including phenoxy) is 1. The molecule has 0 bridgehead atoms. The van der Waals surface area contributed by atoms with Gasteiger partial charge in [-0.2, -0.15) is 0 Å². The van der Waals surface area contributed by atoms with E-state index >= 15 is 0 Å². The number of fused-ring (bicyclic) bond motifs is 1. The zero-order valence-electron chi connectivity index (χ0n) is 12.7. The molecule has 1 aromatic rings. The van der Waals surface area contributed by atoms with Gasteiger partial charge < -0.3 is 15.0 Å². The minimum Gasteiger partial charge on any atom is -0.374 e. The average Bonchev–Trinajstić information content (AvgIpc) is 2.94. The third-order valence-corrected chi connectivity index (χ3v) is 4.15. The van der Waals surface area contributed by atoms with Gasteiger partial charge in [0.2, 0.25) is 0 Å². The standard InChI is InChI=1S/C16H23N3O2/c1-11(2)17-15-8-3-5-12(18-15)16(20)19-9-10-21-14-7-4-6-13(14)19/h3,5,8,11,13-14H,4,6-7,9-10H2,1-2H3,(H,17,18). The van der Waals surface area contributed by atoms with Crippen molar-refractivity contribution in [2.45, 2.75) is 51.3 Å². The molecule has 1 aromatic heterocycles. The summed E-state index contributed by atoms with van der Waals surface area (Å²) in [6.45, 7) is 5.42. The van der Waals surface area contributed by atoms with Crippen LogP contribution in [0.2, 0.25) is 0 Å². The largest absolute Gasteiger partial charge is 0.374 e. The van der Waals surface area contributed by atoms with Crippen molar-refractivity contribution in [3.05, 3.63) is 23.9 Å². The molecule has 2 fully saturated rings. The molecule has 1 aliphatic heterocycles. The summed E-state index contributed by atoms with van der Waals surface area (Å²) in [5, 5.41) is 3.24. The van der Waals surface area contributed by atoms with E-state index in [9.17, 15) is 4.79 Å². The fraction of sp³-hybridized carbons (Fsp3) is 0.625. The Kier molecular flexibility index (Phi) is 4.10. The van der Waals surface area contributed by atoms with Gasteiger partial charge in [0.15, 0.2) is 0 Å². The molecule has 1 saturated heterocycles. The van der Waals surface area contributed by atoms with Crippen LogP contribution in [0.1, 0.15) is 43.6 Å². The highest BCUT2D eigenvalue weighted by molar-refractivity contribution is 5.93. The van der Waals surface area contributed by atoms with E-state index in [0.717, 1.165) is 25.1 Å². The number of nitrogens with zero attached hydrogens (tertiary/aromatic N) is 2. The van der Waals surface area contributed by atoms with Gasteiger partial charge in [0.05, 0.1) is 18.8 Å². The predicted molar refractivity (Wildman–Crippen MR) is 81.4 cm³/mol. The highest BCUT2D eigenvalue weighted by Crippen LogP contribution is 2.30. The Morgan fingerprint density at radius 1 is 1.43 bits per heavy atom. The van der Waals surface area contributed by atoms with Crippen LogP contribution in [0.5, 0.6) is 0 Å². The monoisotopic (exact) mass is 289 g/mol. The third kappa shape index (κ3) is 3.02. The van der Waals surface area contributed by atoms with E-state index in [0.29, 0.717) is 24.9 Å². The molecule has 114 valence electrons. The maximum absolute atomic E-state index is 12.8. The number of anilines is 1. The van der Waals surface area contributed by atoms with Crippen LogP contribution in [0, 0.1) is 0 Å². The lowest BCUT2D eigenvalue weighted by molar-refractivity contribution is -0.0447. The lowest BCUT2D eigenvalue weighted by Gasteiger charge is -2.37. The quantitative estimate of drug-likeness (QED) is 0.927. The van der Waals surface area contributed by atoms with Crippen molar-refractivity contribution < 1.29 is 9.53 Å². The first-order valence-corrected chi connectivity index (χ1v) is 7.81. The molecule has 2 aliphatic rings. The zero-order valence-corrected chi connectivity index (χ0v) is 12.7. The number of morpholine rings is 1. The summed E-state index contributed by atoms with van der Waals surface area (Å²) in [6, 6.07) is 6.11. The van der Waals surface area contributed by atoms with Crippen molar-refractivity contribution >= 4 is 11.7 Å². The van der Waals surface area contributed by atoms with E-state index < -0.39 is 0 Å². The number of aromatic nitrogens is 1. The van der Waals surface area contributed by atoms with Crippen LogP contribution in [0.15, 0.2) is 18.2 Å². The number of pyridine rings is 1. The molecule has 2 heterocycles. The molecule has 1 aliphatic carbocycles. The normalized spacial score (nSPS) is 25.0. The highest BCUT2D eigenvalue weighted by atomic mass is 16.5. The van der Waals surface area contributed by atoms with Crippen LogP contribution in [-0.4, -0.2) is 47.1 Å². The first kappa shape index (κ1) is 14.3. The minimum atomic E-state index is 0.0302. The number of hydrogen-bond acceptors (Lipinski definition) is 4. The fourth-order valence-electron chi connectivity index (χ4n) is 3.25. The van der Waals surface area contributed by atoms with E-state index in [1.807, 2.05) is 17.0 Å². The number of amides is 1. The van der Waals surface area contributed by atoms with Crippen molar-refractivity contribution in [2.24, 2.45) is 0 Å². The van der Waals surface area contributed by atoms with Gasteiger partial charge in [-0.3, -0.25) is 4.79 Å². The Balaban J connectivity index is 1.78. The summed E-state index contributed by atoms with van der Waals surface area (Å²) < 4.78 is 5.77. The van der Waals surface area contributed by atoms with Gasteiger partial charge in [-0.15, -0.1) is 0 Å². The van der Waals surface area contributed by atoms with Gasteiger partial charge in [0.25, 0.3) is 5.91 Å². The summed E-state index contributed by atoms with van der Waals surface area (Å²) in [6.07, 6.45) is 3.47. The van der Waals surface area contributed by atoms with Crippen molar-refractivity contribution in [1.29, 1.82) is 0 Å². The maximum Gasteiger partial charge on any atom is 0.272 e. The van der Waals surface area contributed by atoms with Crippen LogP contribution in [-0.2, 0) is 4.74 Å². The number of hydrogen-bond donors (Lipinski definition) is 1. The topological polar surface area (TPSA) is 54.5 Å². The molecule has 21 heavy (non-hydrogen) atoms. The Morgan fingerprint density at radius 2 is 2.29 bits per heavy atom. The van der Waals surface area contributed by atoms with Crippen LogP contribution in [0.3, 0.4) is 0 Å². The van der Waals surface area contributed by atoms with Gasteiger partial charge in [-0.25, -0.2) is 4.98 Å². The lowest BCUT2D eigenvalue weighted by atomic mass is 10.1. The van der Waals surface area contributed by atoms with Gasteiger partial charge in [0.1, 0.15) is 11.5 Å². The molecule has 2 atom stereocenters. The Hall–Kier alpha value is -1.62. The molecule has 0 radical (unpaired) electrons. The predicted octanol–water partition coefficient (Wildman–Crippen LogP) is 2.30. The smallest absolute Gasteiger partial charge is 0.272 e. The van der Waals surface area contributed by atoms with Crippen LogP contribution in [0.25, 0.3) is 0 Å². The fourth-order valence-corrected chi connectivity index (χ4v) is 3.25. The van der Waals surface area contributed by atoms with E-state index in [-0.39, 0.29) is 18.1 Å². The zero-order chi connectivity index (χ0) is 14.8. The van der Waals surface area contributed by atoms with Gasteiger partial charge >= 0.3 is 0 Å². The Labute approximate surface area is 125 Å². The summed E-state index contributed by atoms with van der Waals surface area (Å²) in [5.74, 6) is 0.787. The molecule has 1 amide bonds. The molecule has 1 N–H and O–H groups in total. The molecule has 2 unspecified atom stereocenters. The molecular formula is C16H23N3O2. The SMILES string of the molecule is CC(C)Nc1cccc(C(=O)N2CCOC3CCCC32)n1. The van der Waals surface area contributed by atoms with Crippen LogP contribution >= 0.6 is 0 Å². The number of nitrogens with one attached hydrogen (secondary N) is 1. The van der Waals surface area contributed by atoms with Crippen molar-refractivity contribution in [2.75, 3.05) is 18.5 Å². The second-order valence-corrected chi connectivity index (χ2v) is 6.11. The summed E-state index contributed by atoms with van der Waals surface area (Å²) >= 11 is 0. The minimum absolute atomic E-state index is 0.0302. The first-order chi connectivity index (χ1) is 10.1. The molecule has 0 spiro atoms. The molecule has 0 aromatic carbocycles. The van der Waals surface area contributed by atoms with Crippen LogP contribution in [0.4, 0.5) is 5.82 Å². The van der Waals surface area contributed by atoms with E-state index in [1.165, 1.54) is 0 Å². The second-order valence-electron chi connectivity index (χ2n) is 6.11. The molecule has 5 nitrogen and oxygen atoms in total. The molecular weight excluding hydrogens is 266 g/mol.